The van der Waals surface area contributed by atoms with Gasteiger partial charge in [-0.3, -0.25) is 19.4 Å². The molecule has 2 aromatic heterocycles. The number of rotatable bonds is 30. The van der Waals surface area contributed by atoms with Crippen LogP contribution in [0.4, 0.5) is 5.95 Å². The van der Waals surface area contributed by atoms with E-state index in [-0.39, 0.29) is 42.5 Å². The number of esters is 2. The first kappa shape index (κ1) is 42.2. The SMILES string of the molecule is CCCCCCCCCCCCCCCCCCCCCC(=O)OCC(CCOC(=O)[C@@H](N)[C@@H](C)CC)Cn1cnc2c(=O)[nH]c(N)nc21. The van der Waals surface area contributed by atoms with Crippen LogP contribution >= 0.6 is 0 Å². The Kier molecular flexibility index (Phi) is 22.4. The Morgan fingerprint density at radius 2 is 1.37 bits per heavy atom. The van der Waals surface area contributed by atoms with Gasteiger partial charge in [0.2, 0.25) is 5.95 Å². The number of nitrogens with two attached hydrogens (primary N) is 2. The molecular formula is C38H68N6O5. The third-order valence-corrected chi connectivity index (χ3v) is 9.71. The summed E-state index contributed by atoms with van der Waals surface area (Å²) in [7, 11) is 0. The molecule has 0 aliphatic carbocycles. The first-order valence-corrected chi connectivity index (χ1v) is 19.5. The minimum Gasteiger partial charge on any atom is -0.465 e. The molecule has 2 aromatic rings. The van der Waals surface area contributed by atoms with E-state index < -0.39 is 17.6 Å². The number of anilines is 1. The second-order valence-corrected chi connectivity index (χ2v) is 14.1. The number of hydrogen-bond donors (Lipinski definition) is 3. The first-order valence-electron chi connectivity index (χ1n) is 19.5. The van der Waals surface area contributed by atoms with Gasteiger partial charge in [0.15, 0.2) is 11.2 Å². The van der Waals surface area contributed by atoms with Crippen molar-refractivity contribution in [2.24, 2.45) is 17.6 Å². The molecule has 2 heterocycles. The summed E-state index contributed by atoms with van der Waals surface area (Å²) >= 11 is 0. The van der Waals surface area contributed by atoms with E-state index in [1.165, 1.54) is 109 Å². The van der Waals surface area contributed by atoms with Gasteiger partial charge >= 0.3 is 11.9 Å². The smallest absolute Gasteiger partial charge is 0.323 e. The molecule has 1 unspecified atom stereocenters. The highest BCUT2D eigenvalue weighted by molar-refractivity contribution is 5.75. The lowest BCUT2D eigenvalue weighted by Crippen LogP contribution is -2.38. The lowest BCUT2D eigenvalue weighted by atomic mass is 10.0. The molecule has 2 rings (SSSR count). The fourth-order valence-electron chi connectivity index (χ4n) is 6.15. The zero-order valence-corrected chi connectivity index (χ0v) is 31.0. The van der Waals surface area contributed by atoms with Crippen molar-refractivity contribution in [1.29, 1.82) is 0 Å². The zero-order valence-electron chi connectivity index (χ0n) is 31.0. The Labute approximate surface area is 295 Å². The molecule has 0 saturated heterocycles. The van der Waals surface area contributed by atoms with Crippen LogP contribution in [0.5, 0.6) is 0 Å². The van der Waals surface area contributed by atoms with E-state index in [1.807, 2.05) is 13.8 Å². The summed E-state index contributed by atoms with van der Waals surface area (Å²) in [6.45, 7) is 6.80. The number of unbranched alkanes of at least 4 members (excludes halogenated alkanes) is 18. The Hall–Kier alpha value is -2.95. The fraction of sp³-hybridized carbons (Fsp3) is 0.816. The lowest BCUT2D eigenvalue weighted by molar-refractivity contribution is -0.149. The molecule has 0 aromatic carbocycles. The highest BCUT2D eigenvalue weighted by atomic mass is 16.5. The molecule has 49 heavy (non-hydrogen) atoms. The van der Waals surface area contributed by atoms with Crippen molar-refractivity contribution >= 4 is 29.1 Å². The van der Waals surface area contributed by atoms with Crippen molar-refractivity contribution in [2.45, 2.75) is 175 Å². The molecule has 0 saturated carbocycles. The minimum atomic E-state index is -0.683. The third kappa shape index (κ3) is 18.0. The zero-order chi connectivity index (χ0) is 35.7. The van der Waals surface area contributed by atoms with E-state index in [0.29, 0.717) is 25.0 Å². The summed E-state index contributed by atoms with van der Waals surface area (Å²) < 4.78 is 12.8. The average Bonchev–Trinajstić information content (AvgIpc) is 3.49. The first-order chi connectivity index (χ1) is 23.8. The van der Waals surface area contributed by atoms with Crippen molar-refractivity contribution in [3.8, 4) is 0 Å². The number of fused-ring (bicyclic) bond motifs is 1. The molecule has 0 aliphatic rings. The van der Waals surface area contributed by atoms with Crippen LogP contribution in [0.25, 0.3) is 11.2 Å². The number of ether oxygens (including phenoxy) is 2. The van der Waals surface area contributed by atoms with Gasteiger partial charge in [0.25, 0.3) is 5.56 Å². The summed E-state index contributed by atoms with van der Waals surface area (Å²) in [5.74, 6) is -0.873. The fourth-order valence-corrected chi connectivity index (χ4v) is 6.15. The predicted octanol–water partition coefficient (Wildman–Crippen LogP) is 7.99. The molecule has 0 spiro atoms. The Morgan fingerprint density at radius 1 is 0.837 bits per heavy atom. The number of carbonyl (C=O) groups excluding carboxylic acids is 2. The maximum absolute atomic E-state index is 12.6. The third-order valence-electron chi connectivity index (χ3n) is 9.71. The molecule has 0 amide bonds. The standard InChI is InChI=1S/C38H68N6O5/c1-4-6-7-8-9-10-11-12-13-14-15-16-17-18-19-20-21-22-23-24-32(45)49-28-31(25-26-48-37(47)33(39)30(3)5-2)27-44-29-41-34-35(44)42-38(40)43-36(34)46/h29-31,33H,4-28,39H2,1-3H3,(H3,40,42,43,46)/t30-,31?,33-/m0/s1. The van der Waals surface area contributed by atoms with E-state index in [1.54, 1.807) is 4.57 Å². The van der Waals surface area contributed by atoms with Crippen LogP contribution in [0.1, 0.15) is 162 Å². The van der Waals surface area contributed by atoms with Gasteiger partial charge in [-0.25, -0.2) is 4.98 Å². The summed E-state index contributed by atoms with van der Waals surface area (Å²) in [5, 5.41) is 0. The largest absolute Gasteiger partial charge is 0.465 e. The van der Waals surface area contributed by atoms with Crippen LogP contribution < -0.4 is 17.0 Å². The molecule has 11 heteroatoms. The van der Waals surface area contributed by atoms with Gasteiger partial charge in [-0.1, -0.05) is 143 Å². The van der Waals surface area contributed by atoms with Crippen molar-refractivity contribution in [2.75, 3.05) is 18.9 Å². The molecule has 0 bridgehead atoms. The van der Waals surface area contributed by atoms with Crippen LogP contribution in [0.2, 0.25) is 0 Å². The monoisotopic (exact) mass is 689 g/mol. The number of H-pyrrole nitrogens is 1. The Bertz CT molecular complexity index is 1230. The number of hydrogen-bond acceptors (Lipinski definition) is 9. The number of aromatic nitrogens is 4. The summed E-state index contributed by atoms with van der Waals surface area (Å²) in [5.41, 5.74) is 11.9. The maximum atomic E-state index is 12.6. The van der Waals surface area contributed by atoms with E-state index >= 15 is 0 Å². The highest BCUT2D eigenvalue weighted by Gasteiger charge is 2.22. The normalized spacial score (nSPS) is 13.4. The van der Waals surface area contributed by atoms with Gasteiger partial charge in [0, 0.05) is 18.9 Å². The molecule has 0 fully saturated rings. The van der Waals surface area contributed by atoms with Crippen molar-refractivity contribution in [1.82, 2.24) is 19.5 Å². The maximum Gasteiger partial charge on any atom is 0.323 e. The summed E-state index contributed by atoms with van der Waals surface area (Å²) in [6.07, 6.45) is 28.0. The summed E-state index contributed by atoms with van der Waals surface area (Å²) in [6, 6.07) is -0.683. The average molecular weight is 689 g/mol. The minimum absolute atomic E-state index is 0.00484. The van der Waals surface area contributed by atoms with E-state index in [0.717, 1.165) is 25.7 Å². The van der Waals surface area contributed by atoms with E-state index in [9.17, 15) is 14.4 Å². The van der Waals surface area contributed by atoms with Gasteiger partial charge in [-0.2, -0.15) is 4.98 Å². The number of carbonyl (C=O) groups is 2. The Balaban J connectivity index is 1.61. The van der Waals surface area contributed by atoms with Gasteiger partial charge < -0.3 is 25.5 Å². The lowest BCUT2D eigenvalue weighted by Gasteiger charge is -2.20. The number of nitrogens with one attached hydrogen (secondary N) is 1. The second-order valence-electron chi connectivity index (χ2n) is 14.1. The van der Waals surface area contributed by atoms with Gasteiger partial charge in [-0.15, -0.1) is 0 Å². The number of imidazole rings is 1. The number of nitrogens with zero attached hydrogens (tertiary/aromatic N) is 3. The van der Waals surface area contributed by atoms with Crippen LogP contribution in [-0.4, -0.2) is 50.7 Å². The van der Waals surface area contributed by atoms with E-state index in [4.69, 9.17) is 20.9 Å². The molecular weight excluding hydrogens is 620 g/mol. The topological polar surface area (TPSA) is 168 Å². The van der Waals surface area contributed by atoms with Crippen LogP contribution in [0.3, 0.4) is 0 Å². The molecule has 11 nitrogen and oxygen atoms in total. The van der Waals surface area contributed by atoms with Crippen LogP contribution in [0, 0.1) is 11.8 Å². The highest BCUT2D eigenvalue weighted by Crippen LogP contribution is 2.17. The molecule has 0 aliphatic heterocycles. The van der Waals surface area contributed by atoms with Crippen molar-refractivity contribution < 1.29 is 19.1 Å². The summed E-state index contributed by atoms with van der Waals surface area (Å²) in [4.78, 5) is 48.1. The Morgan fingerprint density at radius 3 is 1.90 bits per heavy atom. The second kappa shape index (κ2) is 25.9. The van der Waals surface area contributed by atoms with Gasteiger partial charge in [-0.05, 0) is 18.8 Å². The quantitative estimate of drug-likeness (QED) is 0.0544. The number of aromatic amines is 1. The van der Waals surface area contributed by atoms with Crippen LogP contribution in [-0.2, 0) is 25.6 Å². The molecule has 3 atom stereocenters. The van der Waals surface area contributed by atoms with Crippen LogP contribution in [0.15, 0.2) is 11.1 Å². The molecule has 280 valence electrons. The van der Waals surface area contributed by atoms with E-state index in [2.05, 4.69) is 21.9 Å². The van der Waals surface area contributed by atoms with Crippen molar-refractivity contribution in [3.05, 3.63) is 16.7 Å². The predicted molar refractivity (Wildman–Crippen MR) is 198 cm³/mol. The van der Waals surface area contributed by atoms with Crippen molar-refractivity contribution in [3.63, 3.8) is 0 Å². The van der Waals surface area contributed by atoms with Gasteiger partial charge in [0.05, 0.1) is 19.5 Å². The van der Waals surface area contributed by atoms with Gasteiger partial charge in [0.1, 0.15) is 6.04 Å². The molecule has 0 radical (unpaired) electrons. The number of nitrogen functional groups attached to an aromatic ring is 1. The molecule has 5 N–H and O–H groups in total.